The Kier molecular flexibility index (Phi) is 4.47. The molecule has 11 heteroatoms. The van der Waals surface area contributed by atoms with Crippen LogP contribution in [0, 0.1) is 11.8 Å². The second kappa shape index (κ2) is 6.65. The summed E-state index contributed by atoms with van der Waals surface area (Å²) in [6.07, 6.45) is -2.31. The number of benzene rings is 1. The Hall–Kier alpha value is -3.70. The van der Waals surface area contributed by atoms with Crippen LogP contribution in [0.15, 0.2) is 29.0 Å². The lowest BCUT2D eigenvalue weighted by atomic mass is 9.55. The number of aliphatic hydroxyl groups is 4. The van der Waals surface area contributed by atoms with Crippen molar-refractivity contribution in [1.82, 2.24) is 0 Å². The van der Waals surface area contributed by atoms with Crippen molar-refractivity contribution in [3.8, 4) is 5.75 Å². The first-order valence-electron chi connectivity index (χ1n) is 9.60. The minimum atomic E-state index is -2.94. The van der Waals surface area contributed by atoms with E-state index in [1.807, 2.05) is 0 Å². The maximum absolute atomic E-state index is 13.4. The Morgan fingerprint density at radius 1 is 1.16 bits per heavy atom. The van der Waals surface area contributed by atoms with Gasteiger partial charge in [0, 0.05) is 23.8 Å². The fourth-order valence-corrected chi connectivity index (χ4v) is 5.17. The van der Waals surface area contributed by atoms with Crippen molar-refractivity contribution in [2.45, 2.75) is 31.0 Å². The first-order chi connectivity index (χ1) is 14.8. The van der Waals surface area contributed by atoms with Gasteiger partial charge in [0.05, 0.1) is 11.7 Å². The first-order valence-corrected chi connectivity index (χ1v) is 9.60. The lowest BCUT2D eigenvalue weighted by Gasteiger charge is -2.50. The van der Waals surface area contributed by atoms with E-state index in [4.69, 9.17) is 5.73 Å². The number of aliphatic hydroxyl groups excluding tert-OH is 3. The average molecular weight is 445 g/mol. The van der Waals surface area contributed by atoms with E-state index < -0.39 is 93.3 Å². The second-order valence-electron chi connectivity index (χ2n) is 8.22. The number of carboxylic acids is 1. The molecule has 11 nitrogen and oxygen atoms in total. The summed E-state index contributed by atoms with van der Waals surface area (Å²) in [5.41, 5.74) is -0.0679. The van der Waals surface area contributed by atoms with Crippen LogP contribution < -0.4 is 5.73 Å². The lowest BCUT2D eigenvalue weighted by Crippen LogP contribution is -2.63. The smallest absolute Gasteiger partial charge is 0.339 e. The van der Waals surface area contributed by atoms with Crippen LogP contribution in [0.1, 0.15) is 40.7 Å². The van der Waals surface area contributed by atoms with Crippen LogP contribution in [0.3, 0.4) is 0 Å². The molecular formula is C21H19NO10. The molecule has 0 radical (unpaired) electrons. The number of amides is 1. The summed E-state index contributed by atoms with van der Waals surface area (Å²) >= 11 is 0. The van der Waals surface area contributed by atoms with Gasteiger partial charge < -0.3 is 36.4 Å². The van der Waals surface area contributed by atoms with Gasteiger partial charge in [-0.1, -0.05) is 13.0 Å². The zero-order valence-electron chi connectivity index (χ0n) is 16.6. The number of phenols is 1. The van der Waals surface area contributed by atoms with E-state index in [0.717, 1.165) is 6.07 Å². The fraction of sp³-hybridized carbons (Fsp3) is 0.333. The van der Waals surface area contributed by atoms with Crippen molar-refractivity contribution < 1.29 is 49.8 Å². The zero-order chi connectivity index (χ0) is 23.9. The molecular weight excluding hydrogens is 426 g/mol. The summed E-state index contributed by atoms with van der Waals surface area (Å²) < 4.78 is 0. The Balaban J connectivity index is 2.03. The molecule has 1 amide bonds. The standard InChI is InChI=1S/C21H19NO10/c1-5-6-2-3-7(20(30)31)14(24)11(6)16(26)13-10(5)15(25)8-4-9(23)12(19(22)29)17(27)21(8,32)18(13)28/h2-3,5,8,10,15,24-27,32H,4H2,1H3,(H2,22,29)(H,30,31)/t5-,8+,10+,15+,21+/m0/s1. The molecule has 168 valence electrons. The molecule has 3 aliphatic carbocycles. The highest BCUT2D eigenvalue weighted by Gasteiger charge is 2.64. The van der Waals surface area contributed by atoms with Crippen molar-refractivity contribution in [3.05, 3.63) is 45.7 Å². The molecule has 1 aromatic rings. The molecule has 0 saturated heterocycles. The predicted octanol–water partition coefficient (Wildman–Crippen LogP) is -0.346. The summed E-state index contributed by atoms with van der Waals surface area (Å²) in [4.78, 5) is 48.8. The minimum Gasteiger partial charge on any atom is -0.508 e. The van der Waals surface area contributed by atoms with E-state index in [-0.39, 0.29) is 11.1 Å². The molecule has 1 aromatic carbocycles. The Morgan fingerprint density at radius 3 is 2.34 bits per heavy atom. The quantitative estimate of drug-likeness (QED) is 0.294. The highest BCUT2D eigenvalue weighted by Crippen LogP contribution is 2.55. The van der Waals surface area contributed by atoms with Gasteiger partial charge in [-0.15, -0.1) is 0 Å². The minimum absolute atomic E-state index is 0.232. The second-order valence-corrected chi connectivity index (χ2v) is 8.22. The van der Waals surface area contributed by atoms with Gasteiger partial charge in [-0.2, -0.15) is 0 Å². The molecule has 1 fully saturated rings. The van der Waals surface area contributed by atoms with Crippen LogP contribution >= 0.6 is 0 Å². The first kappa shape index (κ1) is 21.5. The van der Waals surface area contributed by atoms with Crippen LogP contribution in [-0.4, -0.2) is 65.8 Å². The molecule has 1 saturated carbocycles. The molecule has 5 atom stereocenters. The maximum atomic E-state index is 13.4. The zero-order valence-corrected chi connectivity index (χ0v) is 16.6. The fourth-order valence-electron chi connectivity index (χ4n) is 5.17. The summed E-state index contributed by atoms with van der Waals surface area (Å²) in [6.45, 7) is 1.55. The molecule has 0 bridgehead atoms. The highest BCUT2D eigenvalue weighted by atomic mass is 16.4. The van der Waals surface area contributed by atoms with Crippen molar-refractivity contribution in [2.75, 3.05) is 0 Å². The molecule has 4 rings (SSSR count). The number of hydrogen-bond donors (Lipinski definition) is 7. The number of aromatic hydroxyl groups is 1. The molecule has 0 spiro atoms. The molecule has 3 aliphatic rings. The van der Waals surface area contributed by atoms with Crippen molar-refractivity contribution >= 4 is 29.2 Å². The Labute approximate surface area is 179 Å². The summed E-state index contributed by atoms with van der Waals surface area (Å²) in [5, 5.41) is 63.3. The van der Waals surface area contributed by atoms with Crippen LogP contribution in [0.25, 0.3) is 5.76 Å². The average Bonchev–Trinajstić information content (AvgIpc) is 2.70. The maximum Gasteiger partial charge on any atom is 0.339 e. The van der Waals surface area contributed by atoms with Gasteiger partial charge in [-0.05, 0) is 17.5 Å². The summed E-state index contributed by atoms with van der Waals surface area (Å²) in [7, 11) is 0. The van der Waals surface area contributed by atoms with Gasteiger partial charge in [0.25, 0.3) is 5.91 Å². The number of aromatic carboxylic acids is 1. The van der Waals surface area contributed by atoms with E-state index >= 15 is 0 Å². The van der Waals surface area contributed by atoms with Gasteiger partial charge >= 0.3 is 5.97 Å². The van der Waals surface area contributed by atoms with Gasteiger partial charge in [0.1, 0.15) is 28.4 Å². The van der Waals surface area contributed by atoms with Crippen molar-refractivity contribution in [1.29, 1.82) is 0 Å². The SMILES string of the molecule is C[C@H]1c2ccc(C(=O)O)c(O)c2C(O)=C2C(=O)[C@]3(O)C(O)=C(C(N)=O)C(=O)C[C@@H]3[C@@H](O)[C@@H]21. The number of carboxylic acid groups (broad SMARTS) is 1. The summed E-state index contributed by atoms with van der Waals surface area (Å²) in [5.74, 6) is -11.6. The van der Waals surface area contributed by atoms with Gasteiger partial charge in [0.2, 0.25) is 5.78 Å². The number of nitrogens with two attached hydrogens (primary N) is 1. The van der Waals surface area contributed by atoms with Gasteiger partial charge in [-0.25, -0.2) is 4.79 Å². The molecule has 0 aliphatic heterocycles. The number of ketones is 2. The number of hydrogen-bond acceptors (Lipinski definition) is 9. The Morgan fingerprint density at radius 2 is 1.78 bits per heavy atom. The predicted molar refractivity (Wildman–Crippen MR) is 104 cm³/mol. The molecule has 0 unspecified atom stereocenters. The molecule has 8 N–H and O–H groups in total. The molecule has 0 heterocycles. The van der Waals surface area contributed by atoms with E-state index in [9.17, 15) is 49.8 Å². The topological polar surface area (TPSA) is 216 Å². The van der Waals surface area contributed by atoms with Crippen molar-refractivity contribution in [2.24, 2.45) is 17.6 Å². The largest absolute Gasteiger partial charge is 0.508 e. The van der Waals surface area contributed by atoms with Crippen molar-refractivity contribution in [3.63, 3.8) is 0 Å². The Bertz CT molecular complexity index is 1200. The third-order valence-electron chi connectivity index (χ3n) is 6.73. The van der Waals surface area contributed by atoms with Crippen LogP contribution in [0.5, 0.6) is 5.75 Å². The number of carbonyl (C=O) groups excluding carboxylic acids is 3. The van der Waals surface area contributed by atoms with Crippen LogP contribution in [0.2, 0.25) is 0 Å². The van der Waals surface area contributed by atoms with Crippen LogP contribution in [-0.2, 0) is 14.4 Å². The number of carbonyl (C=O) groups is 4. The van der Waals surface area contributed by atoms with Gasteiger partial charge in [-0.3, -0.25) is 14.4 Å². The van der Waals surface area contributed by atoms with Crippen LogP contribution in [0.4, 0.5) is 0 Å². The summed E-state index contributed by atoms with van der Waals surface area (Å²) in [6, 6.07) is 2.43. The normalized spacial score (nSPS) is 31.7. The van der Waals surface area contributed by atoms with Gasteiger partial charge in [0.15, 0.2) is 11.4 Å². The monoisotopic (exact) mass is 445 g/mol. The third kappa shape index (κ3) is 2.43. The molecule has 32 heavy (non-hydrogen) atoms. The van der Waals surface area contributed by atoms with E-state index in [2.05, 4.69) is 0 Å². The number of rotatable bonds is 2. The number of fused-ring (bicyclic) bond motifs is 3. The lowest BCUT2D eigenvalue weighted by molar-refractivity contribution is -0.160. The van der Waals surface area contributed by atoms with E-state index in [0.29, 0.717) is 0 Å². The number of primary amides is 1. The van der Waals surface area contributed by atoms with E-state index in [1.165, 1.54) is 6.07 Å². The molecule has 0 aromatic heterocycles. The highest BCUT2D eigenvalue weighted by molar-refractivity contribution is 6.23. The van der Waals surface area contributed by atoms with E-state index in [1.54, 1.807) is 6.92 Å². The third-order valence-corrected chi connectivity index (χ3v) is 6.73. The number of Topliss-reactive ketones (excluding diaryl/α,β-unsaturated/α-hetero) is 2.